The first-order valence-electron chi connectivity index (χ1n) is 20.6. The Bertz CT molecular complexity index is 3010. The highest BCUT2D eigenvalue weighted by Gasteiger charge is 2.55. The fourth-order valence-electron chi connectivity index (χ4n) is 9.41. The van der Waals surface area contributed by atoms with Crippen LogP contribution in [0, 0.1) is 0 Å². The molecule has 1 spiro atoms. The molecular weight excluding hydrogens is 849 g/mol. The van der Waals surface area contributed by atoms with Gasteiger partial charge in [-0.05, 0) is 130 Å². The van der Waals surface area contributed by atoms with E-state index < -0.39 is 5.41 Å². The maximum Gasteiger partial charge on any atom is 0.160 e. The number of anilines is 6. The molecule has 6 aromatic carbocycles. The maximum atomic E-state index is 12.5. The third-order valence-corrected chi connectivity index (χ3v) is 16.9. The number of thiophene rings is 4. The predicted octanol–water partition coefficient (Wildman–Crippen LogP) is 16.2. The van der Waals surface area contributed by atoms with Crippen molar-refractivity contribution in [1.29, 1.82) is 0 Å². The summed E-state index contributed by atoms with van der Waals surface area (Å²) in [4.78, 5) is 37.9. The molecule has 0 bridgehead atoms. The summed E-state index contributed by atoms with van der Waals surface area (Å²) in [5, 5.41) is 0. The Hall–Kier alpha value is -6.94. The standard InChI is InChI=1S/C55H34N2O2S4/c58-33-43-29-45-51(60-43)53-47(31-49(62-53)35-21-25-41(26-22-35)56(37-13-5-1-6-14-37)38-15-7-2-8-16-38)55(45)46-30-44(34-59)61-52(46)54-48(55)32-50(63-54)36-23-27-42(28-24-36)57(39-17-9-3-10-18-39)40-19-11-4-12-20-40/h1-34H. The Morgan fingerprint density at radius 3 is 0.937 bits per heavy atom. The first-order valence-corrected chi connectivity index (χ1v) is 23.9. The van der Waals surface area contributed by atoms with Crippen molar-refractivity contribution >= 4 is 92.0 Å². The first-order chi connectivity index (χ1) is 31.1. The van der Waals surface area contributed by atoms with E-state index in [4.69, 9.17) is 0 Å². The van der Waals surface area contributed by atoms with Gasteiger partial charge in [-0.3, -0.25) is 9.59 Å². The van der Waals surface area contributed by atoms with Crippen LogP contribution in [-0.4, -0.2) is 12.6 Å². The predicted molar refractivity (Wildman–Crippen MR) is 265 cm³/mol. The molecule has 0 atom stereocenters. The molecule has 0 amide bonds. The van der Waals surface area contributed by atoms with Gasteiger partial charge in [0, 0.05) is 43.9 Å². The minimum atomic E-state index is -0.650. The number of rotatable bonds is 10. The average Bonchev–Trinajstić information content (AvgIpc) is 4.20. The number of hydrogen-bond donors (Lipinski definition) is 0. The molecule has 12 rings (SSSR count). The van der Waals surface area contributed by atoms with Gasteiger partial charge < -0.3 is 9.80 Å². The Morgan fingerprint density at radius 1 is 0.333 bits per heavy atom. The molecule has 4 nitrogen and oxygen atoms in total. The SMILES string of the molecule is O=Cc1cc2c(s1)-c1sc(-c3ccc(N(c4ccccc4)c4ccccc4)cc3)cc1C21c2cc(C=O)sc2-c2sc(-c3ccc(N(c4ccccc4)c4ccccc4)cc3)cc21. The summed E-state index contributed by atoms with van der Waals surface area (Å²) in [5.41, 5.74) is 12.8. The minimum Gasteiger partial charge on any atom is -0.311 e. The lowest BCUT2D eigenvalue weighted by atomic mass is 9.72. The Balaban J connectivity index is 0.972. The van der Waals surface area contributed by atoms with E-state index in [9.17, 15) is 9.59 Å². The van der Waals surface area contributed by atoms with Crippen LogP contribution in [0.25, 0.3) is 40.4 Å². The summed E-state index contributed by atoms with van der Waals surface area (Å²) in [6.07, 6.45) is 1.95. The molecule has 4 heterocycles. The van der Waals surface area contributed by atoms with E-state index in [2.05, 4.69) is 180 Å². The molecule has 0 fully saturated rings. The lowest BCUT2D eigenvalue weighted by molar-refractivity contribution is 0.111. The van der Waals surface area contributed by atoms with E-state index >= 15 is 0 Å². The summed E-state index contributed by atoms with van der Waals surface area (Å²) < 4.78 is 0. The molecule has 0 N–H and O–H groups in total. The summed E-state index contributed by atoms with van der Waals surface area (Å²) in [6.45, 7) is 0. The van der Waals surface area contributed by atoms with Crippen molar-refractivity contribution in [2.75, 3.05) is 9.80 Å². The van der Waals surface area contributed by atoms with Gasteiger partial charge in [0.15, 0.2) is 12.6 Å². The van der Waals surface area contributed by atoms with E-state index in [1.807, 2.05) is 24.3 Å². The molecule has 0 aliphatic heterocycles. The lowest BCUT2D eigenvalue weighted by Gasteiger charge is -2.27. The summed E-state index contributed by atoms with van der Waals surface area (Å²) in [7, 11) is 0. The molecule has 0 radical (unpaired) electrons. The highest BCUT2D eigenvalue weighted by atomic mass is 32.1. The largest absolute Gasteiger partial charge is 0.311 e. The molecule has 2 aliphatic rings. The van der Waals surface area contributed by atoms with Crippen molar-refractivity contribution in [1.82, 2.24) is 0 Å². The van der Waals surface area contributed by atoms with Crippen molar-refractivity contribution in [3.8, 4) is 40.4 Å². The lowest BCUT2D eigenvalue weighted by Crippen LogP contribution is -2.24. The second kappa shape index (κ2) is 15.1. The summed E-state index contributed by atoms with van der Waals surface area (Å²) >= 11 is 6.72. The molecule has 4 aromatic heterocycles. The summed E-state index contributed by atoms with van der Waals surface area (Å²) in [6, 6.07) is 68.5. The highest BCUT2D eigenvalue weighted by molar-refractivity contribution is 7.26. The molecule has 63 heavy (non-hydrogen) atoms. The van der Waals surface area contributed by atoms with Gasteiger partial charge in [-0.25, -0.2) is 0 Å². The van der Waals surface area contributed by atoms with Gasteiger partial charge in [0.2, 0.25) is 0 Å². The van der Waals surface area contributed by atoms with Gasteiger partial charge in [-0.1, -0.05) is 97.1 Å². The van der Waals surface area contributed by atoms with Gasteiger partial charge in [0.25, 0.3) is 0 Å². The van der Waals surface area contributed by atoms with Crippen molar-refractivity contribution in [3.63, 3.8) is 0 Å². The number of aldehydes is 2. The number of carbonyl (C=O) groups is 2. The Labute approximate surface area is 380 Å². The van der Waals surface area contributed by atoms with Gasteiger partial charge in [0.05, 0.1) is 34.7 Å². The van der Waals surface area contributed by atoms with Crippen molar-refractivity contribution < 1.29 is 9.59 Å². The zero-order chi connectivity index (χ0) is 42.1. The van der Waals surface area contributed by atoms with E-state index in [1.165, 1.54) is 20.9 Å². The molecule has 8 heteroatoms. The number of carbonyl (C=O) groups excluding carboxylic acids is 2. The first kappa shape index (κ1) is 37.8. The monoisotopic (exact) mass is 882 g/mol. The zero-order valence-corrected chi connectivity index (χ0v) is 36.7. The zero-order valence-electron chi connectivity index (χ0n) is 33.5. The van der Waals surface area contributed by atoms with Crippen molar-refractivity contribution in [2.45, 2.75) is 5.41 Å². The smallest absolute Gasteiger partial charge is 0.160 e. The van der Waals surface area contributed by atoms with Crippen LogP contribution in [0.5, 0.6) is 0 Å². The second-order valence-corrected chi connectivity index (χ2v) is 19.9. The third kappa shape index (κ3) is 5.98. The van der Waals surface area contributed by atoms with Crippen LogP contribution in [0.4, 0.5) is 34.1 Å². The number of para-hydroxylation sites is 4. The van der Waals surface area contributed by atoms with E-state index in [1.54, 1.807) is 45.3 Å². The van der Waals surface area contributed by atoms with Gasteiger partial charge in [-0.15, -0.1) is 45.3 Å². The number of fused-ring (bicyclic) bond motifs is 10. The second-order valence-electron chi connectivity index (χ2n) is 15.6. The fourth-order valence-corrected chi connectivity index (χ4v) is 14.2. The third-order valence-electron chi connectivity index (χ3n) is 12.1. The van der Waals surface area contributed by atoms with Crippen molar-refractivity contribution in [3.05, 3.63) is 226 Å². The molecular formula is C55H34N2O2S4. The van der Waals surface area contributed by atoms with Crippen LogP contribution >= 0.6 is 45.3 Å². The average molecular weight is 883 g/mol. The molecule has 10 aromatic rings. The van der Waals surface area contributed by atoms with Crippen LogP contribution in [0.2, 0.25) is 0 Å². The Morgan fingerprint density at radius 2 is 0.619 bits per heavy atom. The molecule has 2 aliphatic carbocycles. The van der Waals surface area contributed by atoms with Crippen LogP contribution in [-0.2, 0) is 5.41 Å². The van der Waals surface area contributed by atoms with E-state index in [0.717, 1.165) is 88.5 Å². The molecule has 0 saturated heterocycles. The van der Waals surface area contributed by atoms with E-state index in [-0.39, 0.29) is 0 Å². The van der Waals surface area contributed by atoms with Crippen LogP contribution in [0.3, 0.4) is 0 Å². The minimum absolute atomic E-state index is 0.650. The van der Waals surface area contributed by atoms with E-state index in [0.29, 0.717) is 9.75 Å². The molecule has 300 valence electrons. The number of hydrogen-bond acceptors (Lipinski definition) is 8. The van der Waals surface area contributed by atoms with Crippen LogP contribution < -0.4 is 9.80 Å². The van der Waals surface area contributed by atoms with Crippen LogP contribution in [0.15, 0.2) is 194 Å². The topological polar surface area (TPSA) is 40.6 Å². The number of nitrogens with zero attached hydrogens (tertiary/aromatic N) is 2. The van der Waals surface area contributed by atoms with Crippen molar-refractivity contribution in [2.24, 2.45) is 0 Å². The Kier molecular flexibility index (Phi) is 9.09. The maximum absolute atomic E-state index is 12.5. The van der Waals surface area contributed by atoms with Gasteiger partial charge in [0.1, 0.15) is 0 Å². The van der Waals surface area contributed by atoms with Gasteiger partial charge >= 0.3 is 0 Å². The molecule has 0 unspecified atom stereocenters. The highest BCUT2D eigenvalue weighted by Crippen LogP contribution is 2.69. The van der Waals surface area contributed by atoms with Crippen LogP contribution in [0.1, 0.15) is 41.6 Å². The fraction of sp³-hybridized carbons (Fsp3) is 0.0182. The van der Waals surface area contributed by atoms with Gasteiger partial charge in [-0.2, -0.15) is 0 Å². The summed E-state index contributed by atoms with van der Waals surface area (Å²) in [5.74, 6) is 0. The normalized spacial score (nSPS) is 12.7. The quantitative estimate of drug-likeness (QED) is 0.128. The molecule has 0 saturated carbocycles. The number of benzene rings is 6.